The zero-order valence-corrected chi connectivity index (χ0v) is 22.1. The molecule has 0 saturated carbocycles. The van der Waals surface area contributed by atoms with Crippen LogP contribution in [0.3, 0.4) is 0 Å². The quantitative estimate of drug-likeness (QED) is 0.155. The fourth-order valence-corrected chi connectivity index (χ4v) is 65.5. The fourth-order valence-electron chi connectivity index (χ4n) is 2.15. The molecule has 0 aromatic heterocycles. The molecule has 0 aliphatic rings. The van der Waals surface area contributed by atoms with Crippen molar-refractivity contribution < 1.29 is 15.8 Å². The normalized spacial score (nSPS) is 10.6. The van der Waals surface area contributed by atoms with Crippen LogP contribution < -0.4 is 0 Å². The molecule has 0 amide bonds. The van der Waals surface area contributed by atoms with Gasteiger partial charge in [0, 0.05) is 0 Å². The van der Waals surface area contributed by atoms with Crippen LogP contribution in [0.25, 0.3) is 0 Å². The third kappa shape index (κ3) is 20.5. The van der Waals surface area contributed by atoms with Gasteiger partial charge in [-0.15, -0.1) is 0 Å². The summed E-state index contributed by atoms with van der Waals surface area (Å²) in [5, 5.41) is 0. The molecule has 0 radical (unpaired) electrons. The molecule has 0 N–H and O–H groups in total. The van der Waals surface area contributed by atoms with Crippen molar-refractivity contribution in [3.05, 3.63) is 0 Å². The topological polar surface area (TPSA) is 0 Å². The van der Waals surface area contributed by atoms with Gasteiger partial charge in [0.1, 0.15) is 0 Å². The molecule has 0 nitrogen and oxygen atoms in total. The van der Waals surface area contributed by atoms with Crippen molar-refractivity contribution in [1.82, 2.24) is 0 Å². The number of hydrogen-bond acceptors (Lipinski definition) is 0. The summed E-state index contributed by atoms with van der Waals surface area (Å²) in [5.41, 5.74) is 0. The summed E-state index contributed by atoms with van der Waals surface area (Å²) in [6, 6.07) is 0. The van der Waals surface area contributed by atoms with Crippen molar-refractivity contribution in [3.8, 4) is 0 Å². The van der Waals surface area contributed by atoms with E-state index in [1.807, 2.05) is 0 Å². The molecule has 0 saturated heterocycles. The number of rotatable bonds is 16. The van der Waals surface area contributed by atoms with Crippen LogP contribution in [-0.2, 0) is 15.8 Å². The summed E-state index contributed by atoms with van der Waals surface area (Å²) >= 11 is 1.32. The first-order valence-corrected chi connectivity index (χ1v) is 37.3. The predicted octanol–water partition coefficient (Wildman–Crippen LogP) is 5.86. The molecule has 0 aromatic carbocycles. The van der Waals surface area contributed by atoms with Crippen LogP contribution in [0.2, 0.25) is 8.94 Å². The number of unbranched alkanes of at least 4 members (excludes halogenated alkanes) is 10. The SMILES string of the molecule is CCCCCCCC[Te][Cd][Te]CCCCCCCC. The monoisotopic (exact) mass is 600 g/mol. The van der Waals surface area contributed by atoms with Gasteiger partial charge in [0.2, 0.25) is 0 Å². The first kappa shape index (κ1) is 21.5. The summed E-state index contributed by atoms with van der Waals surface area (Å²) in [4.78, 5) is 0. The van der Waals surface area contributed by atoms with E-state index in [1.54, 1.807) is 34.6 Å². The van der Waals surface area contributed by atoms with Crippen LogP contribution in [0.1, 0.15) is 90.9 Å². The van der Waals surface area contributed by atoms with E-state index in [2.05, 4.69) is 13.8 Å². The molecule has 0 aliphatic heterocycles. The molecule has 0 aromatic rings. The van der Waals surface area contributed by atoms with Gasteiger partial charge in [-0.3, -0.25) is 0 Å². The van der Waals surface area contributed by atoms with Crippen molar-refractivity contribution in [1.29, 1.82) is 0 Å². The molecule has 0 aliphatic carbocycles. The Morgan fingerprint density at radius 1 is 0.526 bits per heavy atom. The van der Waals surface area contributed by atoms with Gasteiger partial charge in [0.15, 0.2) is 0 Å². The Bertz CT molecular complexity index is 138. The van der Waals surface area contributed by atoms with E-state index in [9.17, 15) is 0 Å². The third-order valence-corrected chi connectivity index (χ3v) is 67.9. The first-order chi connectivity index (χ1) is 9.41. The van der Waals surface area contributed by atoms with Gasteiger partial charge < -0.3 is 0 Å². The Morgan fingerprint density at radius 2 is 0.895 bits per heavy atom. The maximum atomic E-state index is 2.31. The van der Waals surface area contributed by atoms with Crippen LogP contribution in [-0.4, -0.2) is 32.3 Å². The van der Waals surface area contributed by atoms with Crippen molar-refractivity contribution in [3.63, 3.8) is 0 Å². The summed E-state index contributed by atoms with van der Waals surface area (Å²) in [6.45, 7) is 4.63. The predicted molar refractivity (Wildman–Crippen MR) is 87.9 cm³/mol. The van der Waals surface area contributed by atoms with Crippen LogP contribution in [0, 0.1) is 0 Å². The fraction of sp³-hybridized carbons (Fsp3) is 1.00. The summed E-state index contributed by atoms with van der Waals surface area (Å²) in [6.07, 6.45) is 18.2. The Balaban J connectivity index is 2.88. The van der Waals surface area contributed by atoms with Gasteiger partial charge in [-0.25, -0.2) is 0 Å². The van der Waals surface area contributed by atoms with E-state index in [1.165, 1.54) is 51.4 Å². The van der Waals surface area contributed by atoms with E-state index in [0.717, 1.165) is 0 Å². The zero-order valence-electron chi connectivity index (χ0n) is 13.4. The van der Waals surface area contributed by atoms with Gasteiger partial charge in [0.05, 0.1) is 0 Å². The third-order valence-electron chi connectivity index (χ3n) is 3.45. The molecule has 3 heteroatoms. The summed E-state index contributed by atoms with van der Waals surface area (Å²) in [7, 11) is 0. The molecule has 0 atom stereocenters. The molecule has 0 heterocycles. The molecular formula is C16H34CdTe2. The van der Waals surface area contributed by atoms with Gasteiger partial charge in [-0.2, -0.15) is 0 Å². The Labute approximate surface area is 146 Å². The van der Waals surface area contributed by atoms with Crippen LogP contribution in [0.15, 0.2) is 0 Å². The molecule has 0 fully saturated rings. The van der Waals surface area contributed by atoms with Crippen molar-refractivity contribution in [2.75, 3.05) is 0 Å². The molecule has 19 heavy (non-hydrogen) atoms. The summed E-state index contributed by atoms with van der Waals surface area (Å²) < 4.78 is 3.49. The Morgan fingerprint density at radius 3 is 1.32 bits per heavy atom. The van der Waals surface area contributed by atoms with Gasteiger partial charge in [0.25, 0.3) is 0 Å². The second-order valence-corrected chi connectivity index (χ2v) is 61.2. The first-order valence-electron chi connectivity index (χ1n) is 8.57. The standard InChI is InChI=1S/2C8H18Te.Cd/c2*1-2-3-4-5-6-7-8-9;/h2*9H,2-8H2,1H3;/q;;+2/p-2. The molecule has 0 unspecified atom stereocenters. The van der Waals surface area contributed by atoms with Gasteiger partial charge >= 0.3 is 148 Å². The number of hydrogen-bond donors (Lipinski definition) is 0. The van der Waals surface area contributed by atoms with Gasteiger partial charge in [-0.1, -0.05) is 0 Å². The minimum absolute atomic E-state index is 0.0136. The summed E-state index contributed by atoms with van der Waals surface area (Å²) in [5.74, 6) is 0. The van der Waals surface area contributed by atoms with Crippen molar-refractivity contribution >= 4 is 32.3 Å². The van der Waals surface area contributed by atoms with E-state index >= 15 is 0 Å². The van der Waals surface area contributed by atoms with Crippen LogP contribution in [0.5, 0.6) is 0 Å². The van der Waals surface area contributed by atoms with Gasteiger partial charge in [-0.05, 0) is 0 Å². The second-order valence-electron chi connectivity index (χ2n) is 5.47. The molecule has 0 spiro atoms. The molecule has 112 valence electrons. The minimum atomic E-state index is -0.0136. The maximum absolute atomic E-state index is 2.31. The molecule has 0 bridgehead atoms. The Kier molecular flexibility index (Phi) is 23.2. The van der Waals surface area contributed by atoms with E-state index in [4.69, 9.17) is 0 Å². The van der Waals surface area contributed by atoms with E-state index < -0.39 is 0 Å². The second kappa shape index (κ2) is 20.5. The molecular weight excluding hydrogens is 560 g/mol. The van der Waals surface area contributed by atoms with E-state index in [0.29, 0.717) is 32.3 Å². The zero-order chi connectivity index (χ0) is 14.0. The average Bonchev–Trinajstić information content (AvgIpc) is 2.43. The van der Waals surface area contributed by atoms with Crippen molar-refractivity contribution in [2.24, 2.45) is 0 Å². The Hall–Kier alpha value is 2.50. The molecule has 0 rings (SSSR count). The van der Waals surface area contributed by atoms with Crippen molar-refractivity contribution in [2.45, 2.75) is 99.8 Å². The van der Waals surface area contributed by atoms with E-state index in [-0.39, 0.29) is 15.8 Å². The van der Waals surface area contributed by atoms with Crippen LogP contribution >= 0.6 is 0 Å². The average molecular weight is 594 g/mol. The van der Waals surface area contributed by atoms with Crippen LogP contribution in [0.4, 0.5) is 0 Å².